The van der Waals surface area contributed by atoms with Gasteiger partial charge in [-0.1, -0.05) is 11.6 Å². The van der Waals surface area contributed by atoms with Crippen LogP contribution in [-0.2, 0) is 10.0 Å². The number of aryl methyl sites for hydroxylation is 1. The van der Waals surface area contributed by atoms with E-state index >= 15 is 0 Å². The first-order valence-electron chi connectivity index (χ1n) is 4.84. The van der Waals surface area contributed by atoms with Crippen LogP contribution in [-0.4, -0.2) is 18.2 Å². The van der Waals surface area contributed by atoms with Gasteiger partial charge in [-0.2, -0.15) is 5.10 Å². The zero-order valence-electron chi connectivity index (χ0n) is 9.26. The molecule has 0 radical (unpaired) electrons. The topological polar surface area (TPSA) is 78.0 Å². The first-order valence-corrected chi connectivity index (χ1v) is 6.77. The summed E-state index contributed by atoms with van der Waals surface area (Å²) in [6.07, 6.45) is 0. The number of halogens is 2. The Balaban J connectivity index is 2.65. The third-order valence-electron chi connectivity index (χ3n) is 2.31. The Bertz CT molecular complexity index is 695. The summed E-state index contributed by atoms with van der Waals surface area (Å²) in [5.74, 6) is -0.412. The lowest BCUT2D eigenvalue weighted by Gasteiger charge is -2.02. The summed E-state index contributed by atoms with van der Waals surface area (Å²) in [5, 5.41) is 8.90. The maximum atomic E-state index is 12.8. The van der Waals surface area contributed by atoms with Crippen LogP contribution in [0.5, 0.6) is 0 Å². The Morgan fingerprint density at radius 1 is 1.33 bits per heavy atom. The molecule has 0 saturated carbocycles. The van der Waals surface area contributed by atoms with Crippen LogP contribution in [0.15, 0.2) is 29.2 Å². The second-order valence-electron chi connectivity index (χ2n) is 3.64. The van der Waals surface area contributed by atoms with Gasteiger partial charge in [0.1, 0.15) is 10.7 Å². The summed E-state index contributed by atoms with van der Waals surface area (Å²) < 4.78 is 36.7. The van der Waals surface area contributed by atoms with Gasteiger partial charge in [-0.3, -0.25) is 0 Å². The fraction of sp³-hybridized carbons (Fsp3) is 0.100. The number of hydrogen-bond acceptors (Lipinski definition) is 3. The number of rotatable bonds is 2. The number of primary sulfonamides is 1. The highest BCUT2D eigenvalue weighted by molar-refractivity contribution is 7.89. The SMILES string of the molecule is Cc1nn(-c2ccc(F)cc2)c(Cl)c1S(N)(=O)=O. The van der Waals surface area contributed by atoms with Crippen molar-refractivity contribution in [3.63, 3.8) is 0 Å². The lowest BCUT2D eigenvalue weighted by Crippen LogP contribution is -2.13. The number of aromatic nitrogens is 2. The molecule has 2 aromatic rings. The van der Waals surface area contributed by atoms with Crippen LogP contribution in [0.1, 0.15) is 5.69 Å². The molecule has 0 aliphatic rings. The largest absolute Gasteiger partial charge is 0.243 e. The van der Waals surface area contributed by atoms with Crippen LogP contribution in [0.3, 0.4) is 0 Å². The fourth-order valence-electron chi connectivity index (χ4n) is 1.56. The van der Waals surface area contributed by atoms with Gasteiger partial charge in [-0.05, 0) is 31.2 Å². The van der Waals surface area contributed by atoms with Crippen molar-refractivity contribution in [2.24, 2.45) is 5.14 Å². The monoisotopic (exact) mass is 289 g/mol. The average Bonchev–Trinajstić information content (AvgIpc) is 2.54. The highest BCUT2D eigenvalue weighted by atomic mass is 35.5. The molecule has 0 unspecified atom stereocenters. The molecule has 0 aliphatic carbocycles. The van der Waals surface area contributed by atoms with Crippen molar-refractivity contribution in [3.05, 3.63) is 40.9 Å². The molecule has 0 aliphatic heterocycles. The molecule has 0 fully saturated rings. The van der Waals surface area contributed by atoms with E-state index in [0.29, 0.717) is 5.69 Å². The van der Waals surface area contributed by atoms with Crippen LogP contribution in [0.25, 0.3) is 5.69 Å². The molecular formula is C10H9ClFN3O2S. The average molecular weight is 290 g/mol. The third-order valence-corrected chi connectivity index (χ3v) is 3.83. The van der Waals surface area contributed by atoms with E-state index in [1.54, 1.807) is 0 Å². The Labute approximate surface area is 108 Å². The van der Waals surface area contributed by atoms with E-state index in [-0.39, 0.29) is 15.7 Å². The molecule has 0 spiro atoms. The van der Waals surface area contributed by atoms with Gasteiger partial charge in [0.05, 0.1) is 11.4 Å². The highest BCUT2D eigenvalue weighted by Crippen LogP contribution is 2.26. The molecule has 2 N–H and O–H groups in total. The Morgan fingerprint density at radius 3 is 2.33 bits per heavy atom. The molecule has 0 saturated heterocycles. The van der Waals surface area contributed by atoms with Crippen molar-refractivity contribution in [1.29, 1.82) is 0 Å². The second kappa shape index (κ2) is 4.34. The number of sulfonamides is 1. The maximum Gasteiger partial charge on any atom is 0.243 e. The standard InChI is InChI=1S/C10H9ClFN3O2S/c1-6-9(18(13,16)17)10(11)15(14-6)8-4-2-7(12)3-5-8/h2-5H,1H3,(H2,13,16,17). The molecule has 2 rings (SSSR count). The summed E-state index contributed by atoms with van der Waals surface area (Å²) in [7, 11) is -3.95. The molecular weight excluding hydrogens is 281 g/mol. The number of nitrogens with two attached hydrogens (primary N) is 1. The molecule has 0 amide bonds. The third kappa shape index (κ3) is 2.24. The van der Waals surface area contributed by atoms with Crippen LogP contribution in [0, 0.1) is 12.7 Å². The van der Waals surface area contributed by atoms with Gasteiger partial charge in [0.15, 0.2) is 5.15 Å². The van der Waals surface area contributed by atoms with Gasteiger partial charge in [0.2, 0.25) is 10.0 Å². The van der Waals surface area contributed by atoms with E-state index in [4.69, 9.17) is 16.7 Å². The number of nitrogens with zero attached hydrogens (tertiary/aromatic N) is 2. The zero-order valence-corrected chi connectivity index (χ0v) is 10.8. The molecule has 0 atom stereocenters. The van der Waals surface area contributed by atoms with Crippen molar-refractivity contribution in [3.8, 4) is 5.69 Å². The van der Waals surface area contributed by atoms with Crippen molar-refractivity contribution >= 4 is 21.6 Å². The van der Waals surface area contributed by atoms with Gasteiger partial charge in [0.25, 0.3) is 0 Å². The zero-order chi connectivity index (χ0) is 13.5. The lowest BCUT2D eigenvalue weighted by atomic mass is 10.3. The minimum Gasteiger partial charge on any atom is -0.224 e. The van der Waals surface area contributed by atoms with Crippen LogP contribution < -0.4 is 5.14 Å². The van der Waals surface area contributed by atoms with Crippen molar-refractivity contribution in [2.75, 3.05) is 0 Å². The first-order chi connectivity index (χ1) is 8.30. The molecule has 0 bridgehead atoms. The van der Waals surface area contributed by atoms with Crippen molar-refractivity contribution < 1.29 is 12.8 Å². The maximum absolute atomic E-state index is 12.8. The molecule has 1 heterocycles. The molecule has 96 valence electrons. The lowest BCUT2D eigenvalue weighted by molar-refractivity contribution is 0.597. The molecule has 8 heteroatoms. The number of hydrogen-bond donors (Lipinski definition) is 1. The second-order valence-corrected chi connectivity index (χ2v) is 5.49. The highest BCUT2D eigenvalue weighted by Gasteiger charge is 2.23. The minimum absolute atomic E-state index is 0.124. The quantitative estimate of drug-likeness (QED) is 0.912. The Hall–Kier alpha value is -1.44. The van der Waals surface area contributed by atoms with Crippen molar-refractivity contribution in [1.82, 2.24) is 9.78 Å². The van der Waals surface area contributed by atoms with Gasteiger partial charge in [-0.15, -0.1) is 0 Å². The Morgan fingerprint density at radius 2 is 1.89 bits per heavy atom. The van der Waals surface area contributed by atoms with E-state index in [0.717, 1.165) is 0 Å². The summed E-state index contributed by atoms with van der Waals surface area (Å²) in [6.45, 7) is 1.48. The normalized spacial score (nSPS) is 11.8. The first kappa shape index (κ1) is 13.0. The van der Waals surface area contributed by atoms with E-state index in [1.165, 1.54) is 35.9 Å². The van der Waals surface area contributed by atoms with Gasteiger partial charge in [0, 0.05) is 0 Å². The molecule has 1 aromatic heterocycles. The van der Waals surface area contributed by atoms with Gasteiger partial charge in [-0.25, -0.2) is 22.6 Å². The summed E-state index contributed by atoms with van der Waals surface area (Å²) in [6, 6.07) is 5.31. The van der Waals surface area contributed by atoms with Gasteiger partial charge < -0.3 is 0 Å². The van der Waals surface area contributed by atoms with Crippen LogP contribution in [0.4, 0.5) is 4.39 Å². The van der Waals surface area contributed by atoms with E-state index < -0.39 is 15.8 Å². The van der Waals surface area contributed by atoms with Crippen LogP contribution >= 0.6 is 11.6 Å². The van der Waals surface area contributed by atoms with Crippen molar-refractivity contribution in [2.45, 2.75) is 11.8 Å². The molecule has 18 heavy (non-hydrogen) atoms. The van der Waals surface area contributed by atoms with Crippen LogP contribution in [0.2, 0.25) is 5.15 Å². The van der Waals surface area contributed by atoms with E-state index in [9.17, 15) is 12.8 Å². The predicted molar refractivity (Wildman–Crippen MR) is 64.6 cm³/mol. The minimum atomic E-state index is -3.95. The summed E-state index contributed by atoms with van der Waals surface area (Å²) in [5.41, 5.74) is 0.631. The predicted octanol–water partition coefficient (Wildman–Crippen LogP) is 1.62. The summed E-state index contributed by atoms with van der Waals surface area (Å²) in [4.78, 5) is -0.228. The van der Waals surface area contributed by atoms with Gasteiger partial charge >= 0.3 is 0 Å². The van der Waals surface area contributed by atoms with E-state index in [2.05, 4.69) is 5.10 Å². The fourth-order valence-corrected chi connectivity index (χ4v) is 2.93. The molecule has 1 aromatic carbocycles. The smallest absolute Gasteiger partial charge is 0.224 e. The number of benzene rings is 1. The summed E-state index contributed by atoms with van der Waals surface area (Å²) >= 11 is 5.94. The molecule has 5 nitrogen and oxygen atoms in total. The Kier molecular flexibility index (Phi) is 3.14. The van der Waals surface area contributed by atoms with E-state index in [1.807, 2.05) is 0 Å².